The molecular weight excluding hydrogens is 293 g/mol. The molecule has 2 nitrogen and oxygen atoms in total. The summed E-state index contributed by atoms with van der Waals surface area (Å²) >= 11 is 0. The third kappa shape index (κ3) is 5.80. The van der Waals surface area contributed by atoms with Crippen LogP contribution >= 0.6 is 0 Å². The third-order valence-electron chi connectivity index (χ3n) is 2.82. The zero-order chi connectivity index (χ0) is 16.8. The van der Waals surface area contributed by atoms with Crippen molar-refractivity contribution in [3.8, 4) is 11.8 Å². The molecule has 0 N–H and O–H groups in total. The summed E-state index contributed by atoms with van der Waals surface area (Å²) in [6.45, 7) is 5.84. The quantitative estimate of drug-likeness (QED) is 0.595. The summed E-state index contributed by atoms with van der Waals surface area (Å²) in [6.07, 6.45) is -3.74. The van der Waals surface area contributed by atoms with E-state index in [2.05, 4.69) is 11.8 Å². The molecule has 0 bridgehead atoms. The van der Waals surface area contributed by atoms with Crippen LogP contribution in [-0.2, 0) is 10.9 Å². The maximum atomic E-state index is 12.5. The van der Waals surface area contributed by atoms with E-state index in [0.29, 0.717) is 12.8 Å². The maximum Gasteiger partial charge on any atom is 0.416 e. The molecule has 1 unspecified atom stereocenters. The lowest BCUT2D eigenvalue weighted by Crippen LogP contribution is -2.19. The third-order valence-corrected chi connectivity index (χ3v) is 2.82. The summed E-state index contributed by atoms with van der Waals surface area (Å²) in [7, 11) is 0. The number of rotatable bonds is 4. The van der Waals surface area contributed by atoms with Gasteiger partial charge in [0, 0.05) is 6.42 Å². The Kier molecular flexibility index (Phi) is 6.48. The van der Waals surface area contributed by atoms with Gasteiger partial charge in [0.15, 0.2) is 6.10 Å². The molecule has 0 heterocycles. The second kappa shape index (κ2) is 7.88. The highest BCUT2D eigenvalue weighted by Crippen LogP contribution is 2.29. The first-order valence-corrected chi connectivity index (χ1v) is 7.10. The first-order chi connectivity index (χ1) is 10.2. The molecule has 1 aromatic carbocycles. The Bertz CT molecular complexity index is 548. The van der Waals surface area contributed by atoms with Crippen LogP contribution in [0.1, 0.15) is 49.5 Å². The number of ether oxygens (including phenoxy) is 1. The van der Waals surface area contributed by atoms with Crippen LogP contribution in [0.3, 0.4) is 0 Å². The van der Waals surface area contributed by atoms with Crippen LogP contribution in [0.2, 0.25) is 0 Å². The van der Waals surface area contributed by atoms with Crippen molar-refractivity contribution in [2.75, 3.05) is 0 Å². The molecule has 0 spiro atoms. The first kappa shape index (κ1) is 18.1. The Hall–Kier alpha value is -1.96. The summed E-state index contributed by atoms with van der Waals surface area (Å²) in [5.74, 6) is 5.35. The highest BCUT2D eigenvalue weighted by molar-refractivity contribution is 5.89. The van der Waals surface area contributed by atoms with Gasteiger partial charge in [-0.1, -0.05) is 32.6 Å². The minimum absolute atomic E-state index is 0.0834. The predicted octanol–water partition coefficient (Wildman–Crippen LogP) is 4.69. The van der Waals surface area contributed by atoms with E-state index in [0.717, 1.165) is 24.3 Å². The molecule has 0 aliphatic carbocycles. The van der Waals surface area contributed by atoms with Crippen LogP contribution in [0, 0.1) is 17.8 Å². The highest BCUT2D eigenvalue weighted by atomic mass is 19.4. The highest BCUT2D eigenvalue weighted by Gasteiger charge is 2.30. The topological polar surface area (TPSA) is 26.3 Å². The number of hydrogen-bond acceptors (Lipinski definition) is 2. The molecule has 22 heavy (non-hydrogen) atoms. The Balaban J connectivity index is 2.81. The number of benzene rings is 1. The van der Waals surface area contributed by atoms with Gasteiger partial charge < -0.3 is 4.74 Å². The van der Waals surface area contributed by atoms with Crippen LogP contribution in [-0.4, -0.2) is 12.1 Å². The molecule has 0 aliphatic heterocycles. The molecule has 0 radical (unpaired) electrons. The van der Waals surface area contributed by atoms with Crippen molar-refractivity contribution < 1.29 is 22.7 Å². The average Bonchev–Trinajstić information content (AvgIpc) is 2.43. The molecule has 5 heteroatoms. The van der Waals surface area contributed by atoms with Crippen LogP contribution in [0.4, 0.5) is 13.2 Å². The lowest BCUT2D eigenvalue weighted by atomic mass is 10.1. The lowest BCUT2D eigenvalue weighted by molar-refractivity contribution is -0.137. The molecule has 0 aromatic heterocycles. The summed E-state index contributed by atoms with van der Waals surface area (Å²) in [4.78, 5) is 12.0. The van der Waals surface area contributed by atoms with Crippen molar-refractivity contribution in [3.05, 3.63) is 35.4 Å². The van der Waals surface area contributed by atoms with Crippen molar-refractivity contribution >= 4 is 5.97 Å². The Morgan fingerprint density at radius 1 is 1.23 bits per heavy atom. The molecule has 0 aliphatic rings. The normalized spacial score (nSPS) is 12.5. The van der Waals surface area contributed by atoms with Gasteiger partial charge in [-0.05, 0) is 36.6 Å². The monoisotopic (exact) mass is 312 g/mol. The van der Waals surface area contributed by atoms with Gasteiger partial charge in [0.1, 0.15) is 0 Å². The van der Waals surface area contributed by atoms with Crippen molar-refractivity contribution in [2.24, 2.45) is 5.92 Å². The van der Waals surface area contributed by atoms with E-state index in [9.17, 15) is 18.0 Å². The van der Waals surface area contributed by atoms with Crippen molar-refractivity contribution in [1.29, 1.82) is 0 Å². The van der Waals surface area contributed by atoms with Gasteiger partial charge in [0.05, 0.1) is 11.1 Å². The van der Waals surface area contributed by atoms with E-state index in [1.807, 2.05) is 20.8 Å². The molecule has 120 valence electrons. The van der Waals surface area contributed by atoms with E-state index in [-0.39, 0.29) is 11.5 Å². The molecule has 0 amide bonds. The van der Waals surface area contributed by atoms with Crippen LogP contribution in [0.5, 0.6) is 0 Å². The lowest BCUT2D eigenvalue weighted by Gasteiger charge is -2.15. The summed E-state index contributed by atoms with van der Waals surface area (Å²) in [5.41, 5.74) is -0.714. The summed E-state index contributed by atoms with van der Waals surface area (Å²) in [6, 6.07) is 3.97. The molecule has 1 atom stereocenters. The fourth-order valence-electron chi connectivity index (χ4n) is 1.77. The van der Waals surface area contributed by atoms with Crippen LogP contribution in [0.15, 0.2) is 24.3 Å². The zero-order valence-corrected chi connectivity index (χ0v) is 12.8. The van der Waals surface area contributed by atoms with Gasteiger partial charge in [0.25, 0.3) is 0 Å². The van der Waals surface area contributed by atoms with Gasteiger partial charge >= 0.3 is 12.1 Å². The minimum Gasteiger partial charge on any atom is -0.446 e. The number of alkyl halides is 3. The van der Waals surface area contributed by atoms with Crippen LogP contribution in [0.25, 0.3) is 0 Å². The molecule has 1 aromatic rings. The number of halogens is 3. The van der Waals surface area contributed by atoms with Gasteiger partial charge in [-0.2, -0.15) is 13.2 Å². The molecule has 1 rings (SSSR count). The van der Waals surface area contributed by atoms with E-state index in [1.165, 1.54) is 0 Å². The van der Waals surface area contributed by atoms with Gasteiger partial charge in [-0.3, -0.25) is 0 Å². The zero-order valence-electron chi connectivity index (χ0n) is 12.8. The van der Waals surface area contributed by atoms with Gasteiger partial charge in [0.2, 0.25) is 0 Å². The van der Waals surface area contributed by atoms with Gasteiger partial charge in [-0.25, -0.2) is 4.79 Å². The van der Waals surface area contributed by atoms with E-state index < -0.39 is 23.8 Å². The van der Waals surface area contributed by atoms with E-state index >= 15 is 0 Å². The van der Waals surface area contributed by atoms with Crippen molar-refractivity contribution in [3.63, 3.8) is 0 Å². The predicted molar refractivity (Wildman–Crippen MR) is 78.2 cm³/mol. The number of esters is 1. The molecule has 0 saturated carbocycles. The SMILES string of the molecule is CCC#CC(CC(C)C)OC(=O)c1ccc(C(F)(F)F)cc1. The van der Waals surface area contributed by atoms with E-state index in [4.69, 9.17) is 4.74 Å². The second-order valence-electron chi connectivity index (χ2n) is 5.27. The smallest absolute Gasteiger partial charge is 0.416 e. The molecular formula is C17H19F3O2. The van der Waals surface area contributed by atoms with Crippen LogP contribution < -0.4 is 0 Å². The Labute approximate surface area is 128 Å². The maximum absolute atomic E-state index is 12.5. The Morgan fingerprint density at radius 2 is 1.82 bits per heavy atom. The standard InChI is InChI=1S/C17H19F3O2/c1-4-5-6-15(11-12(2)3)22-16(21)13-7-9-14(10-8-13)17(18,19)20/h7-10,12,15H,4,11H2,1-3H3. The minimum atomic E-state index is -4.42. The van der Waals surface area contributed by atoms with Crippen molar-refractivity contribution in [1.82, 2.24) is 0 Å². The number of carbonyl (C=O) groups excluding carboxylic acids is 1. The molecule has 0 fully saturated rings. The summed E-state index contributed by atoms with van der Waals surface area (Å²) in [5, 5.41) is 0. The fourth-order valence-corrected chi connectivity index (χ4v) is 1.77. The average molecular weight is 312 g/mol. The van der Waals surface area contributed by atoms with Gasteiger partial charge in [-0.15, -0.1) is 0 Å². The van der Waals surface area contributed by atoms with E-state index in [1.54, 1.807) is 0 Å². The van der Waals surface area contributed by atoms with Crippen molar-refractivity contribution in [2.45, 2.75) is 45.9 Å². The summed E-state index contributed by atoms with van der Waals surface area (Å²) < 4.78 is 42.7. The first-order valence-electron chi connectivity index (χ1n) is 7.10. The number of carbonyl (C=O) groups is 1. The Morgan fingerprint density at radius 3 is 2.27 bits per heavy atom. The number of hydrogen-bond donors (Lipinski definition) is 0. The second-order valence-corrected chi connectivity index (χ2v) is 5.27. The fraction of sp³-hybridized carbons (Fsp3) is 0.471. The molecule has 0 saturated heterocycles. The largest absolute Gasteiger partial charge is 0.446 e.